The SMILES string of the molecule is C[C@@H](N)c1c(F)cccc1Sc1ncnn1C. The average Bonchev–Trinajstić information content (AvgIpc) is 2.64. The van der Waals surface area contributed by atoms with E-state index in [4.69, 9.17) is 5.73 Å². The zero-order chi connectivity index (χ0) is 12.4. The van der Waals surface area contributed by atoms with Crippen molar-refractivity contribution in [1.82, 2.24) is 14.8 Å². The smallest absolute Gasteiger partial charge is 0.190 e. The summed E-state index contributed by atoms with van der Waals surface area (Å²) in [6.07, 6.45) is 1.47. The summed E-state index contributed by atoms with van der Waals surface area (Å²) in [7, 11) is 1.79. The molecule has 6 heteroatoms. The lowest BCUT2D eigenvalue weighted by Gasteiger charge is -2.12. The first-order chi connectivity index (χ1) is 8.09. The minimum atomic E-state index is -0.355. The molecule has 0 radical (unpaired) electrons. The Balaban J connectivity index is 2.39. The van der Waals surface area contributed by atoms with Crippen molar-refractivity contribution < 1.29 is 4.39 Å². The van der Waals surface area contributed by atoms with Gasteiger partial charge in [0.2, 0.25) is 0 Å². The monoisotopic (exact) mass is 252 g/mol. The number of benzene rings is 1. The molecule has 0 aliphatic carbocycles. The summed E-state index contributed by atoms with van der Waals surface area (Å²) >= 11 is 1.36. The number of aryl methyl sites for hydroxylation is 1. The van der Waals surface area contributed by atoms with Crippen molar-refractivity contribution >= 4 is 11.8 Å². The van der Waals surface area contributed by atoms with E-state index in [1.54, 1.807) is 24.7 Å². The van der Waals surface area contributed by atoms with Gasteiger partial charge in [0.1, 0.15) is 12.1 Å². The van der Waals surface area contributed by atoms with Crippen molar-refractivity contribution in [2.75, 3.05) is 0 Å². The molecule has 0 aliphatic heterocycles. The summed E-state index contributed by atoms with van der Waals surface area (Å²) in [5.74, 6) is -0.285. The molecule has 0 amide bonds. The Morgan fingerprint density at radius 3 is 2.82 bits per heavy atom. The third-order valence-corrected chi connectivity index (χ3v) is 3.47. The molecule has 4 nitrogen and oxygen atoms in total. The summed E-state index contributed by atoms with van der Waals surface area (Å²) in [6.45, 7) is 1.76. The highest BCUT2D eigenvalue weighted by molar-refractivity contribution is 7.99. The third-order valence-electron chi connectivity index (χ3n) is 2.34. The van der Waals surface area contributed by atoms with E-state index in [1.165, 1.54) is 24.2 Å². The Morgan fingerprint density at radius 1 is 1.47 bits per heavy atom. The summed E-state index contributed by atoms with van der Waals surface area (Å²) in [5, 5.41) is 4.68. The van der Waals surface area contributed by atoms with Crippen LogP contribution < -0.4 is 5.73 Å². The van der Waals surface area contributed by atoms with Gasteiger partial charge in [0.15, 0.2) is 5.16 Å². The molecule has 0 saturated carbocycles. The van der Waals surface area contributed by atoms with E-state index in [0.717, 1.165) is 4.90 Å². The predicted octanol–water partition coefficient (Wildman–Crippen LogP) is 2.13. The van der Waals surface area contributed by atoms with Gasteiger partial charge in [-0.1, -0.05) is 6.07 Å². The van der Waals surface area contributed by atoms with Gasteiger partial charge >= 0.3 is 0 Å². The normalized spacial score (nSPS) is 12.7. The number of aromatic nitrogens is 3. The first-order valence-corrected chi connectivity index (χ1v) is 5.97. The summed E-state index contributed by atoms with van der Waals surface area (Å²) in [4.78, 5) is 4.87. The van der Waals surface area contributed by atoms with E-state index in [-0.39, 0.29) is 11.9 Å². The van der Waals surface area contributed by atoms with Crippen LogP contribution in [0.2, 0.25) is 0 Å². The van der Waals surface area contributed by atoms with Crippen molar-refractivity contribution in [2.24, 2.45) is 12.8 Å². The number of hydrogen-bond donors (Lipinski definition) is 1. The molecule has 2 aromatic rings. The fourth-order valence-corrected chi connectivity index (χ4v) is 2.54. The molecule has 2 rings (SSSR count). The van der Waals surface area contributed by atoms with Gasteiger partial charge in [-0.05, 0) is 30.8 Å². The van der Waals surface area contributed by atoms with Gasteiger partial charge in [-0.25, -0.2) is 14.1 Å². The van der Waals surface area contributed by atoms with Crippen LogP contribution in [0.25, 0.3) is 0 Å². The van der Waals surface area contributed by atoms with Gasteiger partial charge in [-0.15, -0.1) is 0 Å². The molecule has 1 aromatic carbocycles. The van der Waals surface area contributed by atoms with Gasteiger partial charge in [0, 0.05) is 23.5 Å². The fraction of sp³-hybridized carbons (Fsp3) is 0.273. The maximum absolute atomic E-state index is 13.7. The Morgan fingerprint density at radius 2 is 2.24 bits per heavy atom. The zero-order valence-corrected chi connectivity index (χ0v) is 10.4. The molecule has 0 aliphatic rings. The molecule has 1 heterocycles. The number of rotatable bonds is 3. The van der Waals surface area contributed by atoms with Crippen LogP contribution in [-0.4, -0.2) is 14.8 Å². The van der Waals surface area contributed by atoms with Gasteiger partial charge in [-0.2, -0.15) is 5.10 Å². The van der Waals surface area contributed by atoms with Crippen molar-refractivity contribution in [1.29, 1.82) is 0 Å². The molecule has 17 heavy (non-hydrogen) atoms. The maximum Gasteiger partial charge on any atom is 0.190 e. The Bertz CT molecular complexity index is 524. The Labute approximate surface area is 103 Å². The number of hydrogen-bond acceptors (Lipinski definition) is 4. The second-order valence-corrected chi connectivity index (χ2v) is 4.72. The fourth-order valence-electron chi connectivity index (χ4n) is 1.52. The van der Waals surface area contributed by atoms with Gasteiger partial charge < -0.3 is 5.73 Å². The maximum atomic E-state index is 13.7. The topological polar surface area (TPSA) is 56.7 Å². The van der Waals surface area contributed by atoms with Crippen LogP contribution in [0.3, 0.4) is 0 Å². The van der Waals surface area contributed by atoms with Gasteiger partial charge in [0.25, 0.3) is 0 Å². The molecule has 0 bridgehead atoms. The van der Waals surface area contributed by atoms with Crippen LogP contribution in [0.4, 0.5) is 4.39 Å². The number of nitrogens with two attached hydrogens (primary N) is 1. The quantitative estimate of drug-likeness (QED) is 0.909. The first kappa shape index (κ1) is 12.1. The lowest BCUT2D eigenvalue weighted by molar-refractivity contribution is 0.585. The highest BCUT2D eigenvalue weighted by atomic mass is 32.2. The van der Waals surface area contributed by atoms with E-state index in [0.29, 0.717) is 10.7 Å². The molecule has 0 fully saturated rings. The van der Waals surface area contributed by atoms with Gasteiger partial charge in [-0.3, -0.25) is 0 Å². The van der Waals surface area contributed by atoms with Crippen LogP contribution in [-0.2, 0) is 7.05 Å². The number of nitrogens with zero attached hydrogens (tertiary/aromatic N) is 3. The lowest BCUT2D eigenvalue weighted by Crippen LogP contribution is -2.09. The Kier molecular flexibility index (Phi) is 3.44. The van der Waals surface area contributed by atoms with E-state index < -0.39 is 0 Å². The molecule has 1 atom stereocenters. The van der Waals surface area contributed by atoms with E-state index in [2.05, 4.69) is 10.1 Å². The van der Waals surface area contributed by atoms with Crippen LogP contribution >= 0.6 is 11.8 Å². The van der Waals surface area contributed by atoms with Crippen molar-refractivity contribution in [3.8, 4) is 0 Å². The third kappa shape index (κ3) is 2.48. The lowest BCUT2D eigenvalue weighted by atomic mass is 10.1. The van der Waals surface area contributed by atoms with Crippen molar-refractivity contribution in [3.63, 3.8) is 0 Å². The second-order valence-electron chi connectivity index (χ2n) is 3.71. The van der Waals surface area contributed by atoms with Crippen molar-refractivity contribution in [3.05, 3.63) is 35.9 Å². The van der Waals surface area contributed by atoms with E-state index in [1.807, 2.05) is 6.07 Å². The summed E-state index contributed by atoms with van der Waals surface area (Å²) in [5.41, 5.74) is 6.30. The second kappa shape index (κ2) is 4.85. The molecular weight excluding hydrogens is 239 g/mol. The number of halogens is 1. The van der Waals surface area contributed by atoms with Crippen LogP contribution in [0.1, 0.15) is 18.5 Å². The highest BCUT2D eigenvalue weighted by Gasteiger charge is 2.15. The molecule has 0 unspecified atom stereocenters. The van der Waals surface area contributed by atoms with Crippen molar-refractivity contribution in [2.45, 2.75) is 23.0 Å². The summed E-state index contributed by atoms with van der Waals surface area (Å²) in [6, 6.07) is 4.56. The molecule has 1 aromatic heterocycles. The highest BCUT2D eigenvalue weighted by Crippen LogP contribution is 2.32. The van der Waals surface area contributed by atoms with Crippen LogP contribution in [0, 0.1) is 5.82 Å². The minimum absolute atomic E-state index is 0.285. The molecule has 0 saturated heterocycles. The minimum Gasteiger partial charge on any atom is -0.324 e. The van der Waals surface area contributed by atoms with E-state index >= 15 is 0 Å². The van der Waals surface area contributed by atoms with Crippen LogP contribution in [0.15, 0.2) is 34.6 Å². The van der Waals surface area contributed by atoms with E-state index in [9.17, 15) is 4.39 Å². The average molecular weight is 252 g/mol. The predicted molar refractivity (Wildman–Crippen MR) is 64.1 cm³/mol. The standard InChI is InChI=1S/C11H13FN4S/c1-7(13)10-8(12)4-3-5-9(10)17-11-14-6-15-16(11)2/h3-7H,13H2,1-2H3/t7-/m1/s1. The molecular formula is C11H13FN4S. The first-order valence-electron chi connectivity index (χ1n) is 5.15. The Hall–Kier alpha value is -1.40. The molecule has 90 valence electrons. The van der Waals surface area contributed by atoms with Crippen LogP contribution in [0.5, 0.6) is 0 Å². The summed E-state index contributed by atoms with van der Waals surface area (Å²) < 4.78 is 15.3. The largest absolute Gasteiger partial charge is 0.324 e. The molecule has 0 spiro atoms. The molecule has 2 N–H and O–H groups in total. The zero-order valence-electron chi connectivity index (χ0n) is 9.59. The van der Waals surface area contributed by atoms with Gasteiger partial charge in [0.05, 0.1) is 0 Å².